The van der Waals surface area contributed by atoms with E-state index in [9.17, 15) is 14.0 Å². The molecule has 164 valence electrons. The summed E-state index contributed by atoms with van der Waals surface area (Å²) in [5.41, 5.74) is -0.364. The van der Waals surface area contributed by atoms with Crippen molar-refractivity contribution in [3.8, 4) is 5.75 Å². The molecule has 4 aliphatic rings. The largest absolute Gasteiger partial charge is 0.484 e. The molecule has 1 aromatic rings. The molecule has 2 N–H and O–H groups in total. The second-order valence-corrected chi connectivity index (χ2v) is 9.46. The first-order chi connectivity index (χ1) is 14.3. The van der Waals surface area contributed by atoms with Crippen molar-refractivity contribution in [1.82, 2.24) is 10.6 Å². The third-order valence-electron chi connectivity index (χ3n) is 6.84. The number of hydrogen-bond acceptors (Lipinski definition) is 4. The molecule has 2 amide bonds. The highest BCUT2D eigenvalue weighted by Crippen LogP contribution is 2.58. The Bertz CT molecular complexity index is 829. The molecule has 2 bridgehead atoms. The number of nitrogens with one attached hydrogen (secondary N) is 2. The minimum absolute atomic E-state index is 0.00512. The first kappa shape index (κ1) is 21.4. The molecule has 4 atom stereocenters. The van der Waals surface area contributed by atoms with Crippen molar-refractivity contribution < 1.29 is 23.5 Å². The smallest absolute Gasteiger partial charge is 0.258 e. The maximum absolute atomic E-state index is 13.5. The van der Waals surface area contributed by atoms with Gasteiger partial charge in [-0.15, -0.1) is 0 Å². The van der Waals surface area contributed by atoms with Gasteiger partial charge in [0.2, 0.25) is 5.91 Å². The Labute approximate surface area is 180 Å². The van der Waals surface area contributed by atoms with Crippen molar-refractivity contribution >= 4 is 23.4 Å². The normalized spacial score (nSPS) is 34.3. The highest BCUT2D eigenvalue weighted by Gasteiger charge is 2.60. The highest BCUT2D eigenvalue weighted by atomic mass is 35.5. The van der Waals surface area contributed by atoms with Crippen LogP contribution in [0.5, 0.6) is 5.75 Å². The minimum atomic E-state index is -0.591. The average molecular weight is 439 g/mol. The van der Waals surface area contributed by atoms with E-state index in [1.165, 1.54) is 12.1 Å². The Kier molecular flexibility index (Phi) is 5.95. The predicted molar refractivity (Wildman–Crippen MR) is 110 cm³/mol. The summed E-state index contributed by atoms with van der Waals surface area (Å²) in [6, 6.07) is 4.03. The van der Waals surface area contributed by atoms with Crippen molar-refractivity contribution in [3.05, 3.63) is 29.0 Å². The number of carbonyl (C=O) groups excluding carboxylic acids is 2. The molecule has 1 heterocycles. The summed E-state index contributed by atoms with van der Waals surface area (Å²) in [6.45, 7) is 4.55. The first-order valence-corrected chi connectivity index (χ1v) is 10.9. The lowest BCUT2D eigenvalue weighted by atomic mass is 9.69. The van der Waals surface area contributed by atoms with Crippen molar-refractivity contribution in [2.45, 2.75) is 57.8 Å². The standard InChI is InChI=1S/C22H28ClFN2O4/c1-12-5-14(13(2)30-12)10-25-21(28)22-7-15(8-22)19(9-22)26-20(27)11-29-16-3-4-17(23)18(24)6-16/h3-4,6,12-15,19H,5,7-11H2,1-2H3,(H,25,28)(H,26,27)/t12?,13?,14?,15?,19-,22?/m0/s1. The van der Waals surface area contributed by atoms with Gasteiger partial charge in [-0.05, 0) is 57.6 Å². The molecule has 4 fully saturated rings. The number of carbonyl (C=O) groups is 2. The number of benzene rings is 1. The molecule has 6 nitrogen and oxygen atoms in total. The number of amides is 2. The van der Waals surface area contributed by atoms with E-state index in [0.29, 0.717) is 24.8 Å². The molecule has 8 heteroatoms. The number of ether oxygens (including phenoxy) is 2. The number of halogens is 2. The second kappa shape index (κ2) is 8.35. The lowest BCUT2D eigenvalue weighted by Crippen LogP contribution is -2.46. The van der Waals surface area contributed by atoms with Crippen LogP contribution in [0.1, 0.15) is 39.5 Å². The van der Waals surface area contributed by atoms with Gasteiger partial charge in [0.1, 0.15) is 11.6 Å². The van der Waals surface area contributed by atoms with Gasteiger partial charge in [-0.3, -0.25) is 9.59 Å². The van der Waals surface area contributed by atoms with Crippen LogP contribution in [0.3, 0.4) is 0 Å². The van der Waals surface area contributed by atoms with Gasteiger partial charge in [0.05, 0.1) is 22.6 Å². The summed E-state index contributed by atoms with van der Waals surface area (Å²) in [7, 11) is 0. The summed E-state index contributed by atoms with van der Waals surface area (Å²) in [6.07, 6.45) is 3.63. The van der Waals surface area contributed by atoms with Crippen LogP contribution >= 0.6 is 11.6 Å². The molecule has 1 aliphatic heterocycles. The van der Waals surface area contributed by atoms with E-state index < -0.39 is 5.82 Å². The molecular weight excluding hydrogens is 411 g/mol. The van der Waals surface area contributed by atoms with Crippen LogP contribution in [0.25, 0.3) is 0 Å². The van der Waals surface area contributed by atoms with E-state index in [-0.39, 0.29) is 52.9 Å². The fraction of sp³-hybridized carbons (Fsp3) is 0.636. The summed E-state index contributed by atoms with van der Waals surface area (Å²) in [4.78, 5) is 25.1. The Morgan fingerprint density at radius 1 is 1.30 bits per heavy atom. The lowest BCUT2D eigenvalue weighted by molar-refractivity contribution is -0.135. The van der Waals surface area contributed by atoms with E-state index in [4.69, 9.17) is 21.1 Å². The van der Waals surface area contributed by atoms with Crippen molar-refractivity contribution in [2.24, 2.45) is 17.3 Å². The predicted octanol–water partition coefficient (Wildman–Crippen LogP) is 3.07. The van der Waals surface area contributed by atoms with Crippen molar-refractivity contribution in [2.75, 3.05) is 13.2 Å². The SMILES string of the molecule is CC1CC(CNC(=O)C23CC(C2)[C@@H](NC(=O)COc2ccc(Cl)c(F)c2)C3)C(C)O1. The van der Waals surface area contributed by atoms with Crippen LogP contribution in [-0.2, 0) is 14.3 Å². The van der Waals surface area contributed by atoms with Gasteiger partial charge in [-0.1, -0.05) is 11.6 Å². The minimum Gasteiger partial charge on any atom is -0.484 e. The topological polar surface area (TPSA) is 76.7 Å². The van der Waals surface area contributed by atoms with Crippen LogP contribution < -0.4 is 15.4 Å². The van der Waals surface area contributed by atoms with E-state index in [0.717, 1.165) is 25.3 Å². The zero-order chi connectivity index (χ0) is 21.5. The molecule has 3 unspecified atom stereocenters. The molecule has 0 aromatic heterocycles. The molecule has 3 saturated carbocycles. The van der Waals surface area contributed by atoms with Crippen molar-refractivity contribution in [3.63, 3.8) is 0 Å². The van der Waals surface area contributed by atoms with Crippen LogP contribution in [-0.4, -0.2) is 43.2 Å². The van der Waals surface area contributed by atoms with Crippen LogP contribution in [0.2, 0.25) is 5.02 Å². The molecule has 0 radical (unpaired) electrons. The number of hydrogen-bond donors (Lipinski definition) is 2. The van der Waals surface area contributed by atoms with Crippen LogP contribution in [0.15, 0.2) is 18.2 Å². The number of rotatable bonds is 7. The van der Waals surface area contributed by atoms with Crippen LogP contribution in [0.4, 0.5) is 4.39 Å². The third-order valence-corrected chi connectivity index (χ3v) is 7.15. The molecule has 30 heavy (non-hydrogen) atoms. The summed E-state index contributed by atoms with van der Waals surface area (Å²) in [5.74, 6) is 0.147. The zero-order valence-electron chi connectivity index (χ0n) is 17.3. The molecule has 5 rings (SSSR count). The van der Waals surface area contributed by atoms with E-state index in [2.05, 4.69) is 24.5 Å². The zero-order valence-corrected chi connectivity index (χ0v) is 18.0. The van der Waals surface area contributed by atoms with Gasteiger partial charge >= 0.3 is 0 Å². The summed E-state index contributed by atoms with van der Waals surface area (Å²) < 4.78 is 24.6. The number of fused-ring (bicyclic) bond motifs is 1. The highest BCUT2D eigenvalue weighted by molar-refractivity contribution is 6.30. The molecule has 1 saturated heterocycles. The van der Waals surface area contributed by atoms with Gasteiger partial charge in [0, 0.05) is 24.6 Å². The lowest BCUT2D eigenvalue weighted by Gasteiger charge is -2.37. The van der Waals surface area contributed by atoms with E-state index in [1.807, 2.05) is 0 Å². The summed E-state index contributed by atoms with van der Waals surface area (Å²) >= 11 is 5.64. The first-order valence-electron chi connectivity index (χ1n) is 10.6. The van der Waals surface area contributed by atoms with Gasteiger partial charge in [0.15, 0.2) is 6.61 Å². The average Bonchev–Trinajstić information content (AvgIpc) is 3.31. The Balaban J connectivity index is 1.22. The van der Waals surface area contributed by atoms with Crippen molar-refractivity contribution in [1.29, 1.82) is 0 Å². The maximum atomic E-state index is 13.5. The Morgan fingerprint density at radius 2 is 2.07 bits per heavy atom. The summed E-state index contributed by atoms with van der Waals surface area (Å²) in [5, 5.41) is 6.10. The quantitative estimate of drug-likeness (QED) is 0.686. The van der Waals surface area contributed by atoms with E-state index in [1.54, 1.807) is 0 Å². The third kappa shape index (κ3) is 4.28. The molecule has 0 spiro atoms. The Morgan fingerprint density at radius 3 is 2.73 bits per heavy atom. The molecule has 3 aliphatic carbocycles. The van der Waals surface area contributed by atoms with Gasteiger partial charge < -0.3 is 20.1 Å². The van der Waals surface area contributed by atoms with Gasteiger partial charge in [-0.25, -0.2) is 4.39 Å². The Hall–Kier alpha value is -1.86. The second-order valence-electron chi connectivity index (χ2n) is 9.05. The van der Waals surface area contributed by atoms with E-state index >= 15 is 0 Å². The maximum Gasteiger partial charge on any atom is 0.258 e. The molecular formula is C22H28ClFN2O4. The van der Waals surface area contributed by atoms with Gasteiger partial charge in [-0.2, -0.15) is 0 Å². The fourth-order valence-electron chi connectivity index (χ4n) is 5.21. The monoisotopic (exact) mass is 438 g/mol. The van der Waals surface area contributed by atoms with Gasteiger partial charge in [0.25, 0.3) is 5.91 Å². The molecule has 1 aromatic carbocycles. The van der Waals surface area contributed by atoms with Crippen LogP contribution in [0, 0.1) is 23.1 Å². The fourth-order valence-corrected chi connectivity index (χ4v) is 5.32.